The van der Waals surface area contributed by atoms with E-state index in [1.165, 1.54) is 37.7 Å². The molecule has 0 fully saturated rings. The zero-order chi connectivity index (χ0) is 24.8. The Bertz CT molecular complexity index is 586. The van der Waals surface area contributed by atoms with Crippen LogP contribution in [0.15, 0.2) is 6.07 Å². The number of benzene rings is 1. The second-order valence-electron chi connectivity index (χ2n) is 10.1. The summed E-state index contributed by atoms with van der Waals surface area (Å²) in [6.45, 7) is 27.6. The summed E-state index contributed by atoms with van der Waals surface area (Å²) in [5.41, 5.74) is 3.12. The Morgan fingerprint density at radius 3 is 1.74 bits per heavy atom. The van der Waals surface area contributed by atoms with Crippen molar-refractivity contribution in [3.63, 3.8) is 0 Å². The molecule has 2 rings (SSSR count). The standard InChI is InChI=1S/C21H34O2.C4H10.2C2H6/c1-8-9-10-11-14-12-15-17(23-14)13-16(20(2,3)4)19(22)18(15)21(5,6)7;1-3-4-2;2*1-2/h13-14,22H,8-12H2,1-7H3;3-4H2,1-2H3;2*1-2H3. The molecule has 0 bridgehead atoms. The summed E-state index contributed by atoms with van der Waals surface area (Å²) in [5.74, 6) is 1.47. The van der Waals surface area contributed by atoms with E-state index in [9.17, 15) is 5.11 Å². The molecular formula is C29H56O2. The maximum absolute atomic E-state index is 11.0. The molecule has 1 unspecified atom stereocenters. The Kier molecular flexibility index (Phi) is 16.1. The first-order chi connectivity index (χ1) is 14.5. The van der Waals surface area contributed by atoms with E-state index in [4.69, 9.17) is 4.74 Å². The highest BCUT2D eigenvalue weighted by Crippen LogP contribution is 2.48. The van der Waals surface area contributed by atoms with Crippen molar-refractivity contribution in [1.82, 2.24) is 0 Å². The number of phenolic OH excluding ortho intramolecular Hbond substituents is 1. The molecule has 1 aliphatic rings. The number of fused-ring (bicyclic) bond motifs is 1. The Morgan fingerprint density at radius 2 is 1.35 bits per heavy atom. The van der Waals surface area contributed by atoms with E-state index in [-0.39, 0.29) is 16.9 Å². The van der Waals surface area contributed by atoms with Crippen LogP contribution in [0, 0.1) is 0 Å². The summed E-state index contributed by atoms with van der Waals surface area (Å²) in [6, 6.07) is 2.08. The SMILES string of the molecule is CC.CC.CCCC.CCCCCC1Cc2c(cc(C(C)(C)C)c(O)c2C(C)(C)C)O1. The number of ether oxygens (including phenoxy) is 1. The normalized spacial score (nSPS) is 14.7. The molecule has 0 amide bonds. The van der Waals surface area contributed by atoms with Gasteiger partial charge in [-0.2, -0.15) is 0 Å². The number of rotatable bonds is 5. The van der Waals surface area contributed by atoms with Crippen LogP contribution in [0.3, 0.4) is 0 Å². The number of phenols is 1. The van der Waals surface area contributed by atoms with Gasteiger partial charge in [-0.05, 0) is 29.7 Å². The van der Waals surface area contributed by atoms with Gasteiger partial charge in [0, 0.05) is 23.1 Å². The predicted molar refractivity (Wildman–Crippen MR) is 141 cm³/mol. The lowest BCUT2D eigenvalue weighted by atomic mass is 9.76. The van der Waals surface area contributed by atoms with Gasteiger partial charge in [-0.3, -0.25) is 0 Å². The van der Waals surface area contributed by atoms with Crippen LogP contribution in [0.2, 0.25) is 0 Å². The molecule has 0 aromatic heterocycles. The van der Waals surface area contributed by atoms with Crippen molar-refractivity contribution in [2.24, 2.45) is 0 Å². The molecule has 1 aromatic carbocycles. The first-order valence-corrected chi connectivity index (χ1v) is 13.0. The van der Waals surface area contributed by atoms with Crippen LogP contribution >= 0.6 is 0 Å². The van der Waals surface area contributed by atoms with Crippen LogP contribution in [0.1, 0.15) is 145 Å². The van der Waals surface area contributed by atoms with E-state index in [2.05, 4.69) is 68.4 Å². The van der Waals surface area contributed by atoms with Crippen molar-refractivity contribution in [2.75, 3.05) is 0 Å². The largest absolute Gasteiger partial charge is 0.507 e. The molecule has 0 aliphatic carbocycles. The predicted octanol–water partition coefficient (Wildman–Crippen LogP) is 9.73. The Hall–Kier alpha value is -1.18. The maximum atomic E-state index is 11.0. The number of aromatic hydroxyl groups is 1. The summed E-state index contributed by atoms with van der Waals surface area (Å²) in [6.07, 6.45) is 8.68. The number of unbranched alkanes of at least 4 members (excludes halogenated alkanes) is 3. The Morgan fingerprint density at radius 1 is 0.839 bits per heavy atom. The minimum atomic E-state index is -0.0945. The van der Waals surface area contributed by atoms with E-state index < -0.39 is 0 Å². The van der Waals surface area contributed by atoms with Crippen molar-refractivity contribution in [3.8, 4) is 11.5 Å². The third kappa shape index (κ3) is 10.3. The smallest absolute Gasteiger partial charge is 0.123 e. The minimum Gasteiger partial charge on any atom is -0.507 e. The fourth-order valence-electron chi connectivity index (χ4n) is 3.61. The Balaban J connectivity index is 0. The number of hydrogen-bond acceptors (Lipinski definition) is 2. The van der Waals surface area contributed by atoms with Gasteiger partial charge < -0.3 is 9.84 Å². The van der Waals surface area contributed by atoms with Crippen LogP contribution in [0.5, 0.6) is 11.5 Å². The van der Waals surface area contributed by atoms with E-state index >= 15 is 0 Å². The van der Waals surface area contributed by atoms with Gasteiger partial charge in [0.15, 0.2) is 0 Å². The molecule has 31 heavy (non-hydrogen) atoms. The molecule has 1 atom stereocenters. The van der Waals surface area contributed by atoms with Crippen molar-refractivity contribution in [2.45, 2.75) is 152 Å². The van der Waals surface area contributed by atoms with Gasteiger partial charge in [-0.15, -0.1) is 0 Å². The zero-order valence-corrected chi connectivity index (χ0v) is 23.5. The van der Waals surface area contributed by atoms with Gasteiger partial charge in [-0.1, -0.05) is 116 Å². The second kappa shape index (κ2) is 15.6. The summed E-state index contributed by atoms with van der Waals surface area (Å²) < 4.78 is 6.27. The summed E-state index contributed by atoms with van der Waals surface area (Å²) >= 11 is 0. The van der Waals surface area contributed by atoms with E-state index in [0.717, 1.165) is 29.7 Å². The average Bonchev–Trinajstić information content (AvgIpc) is 3.11. The molecule has 1 aromatic rings. The van der Waals surface area contributed by atoms with Gasteiger partial charge >= 0.3 is 0 Å². The summed E-state index contributed by atoms with van der Waals surface area (Å²) in [5, 5.41) is 11.0. The summed E-state index contributed by atoms with van der Waals surface area (Å²) in [4.78, 5) is 0. The fraction of sp³-hybridized carbons (Fsp3) is 0.793. The van der Waals surface area contributed by atoms with Crippen molar-refractivity contribution >= 4 is 0 Å². The third-order valence-corrected chi connectivity index (χ3v) is 5.28. The monoisotopic (exact) mass is 436 g/mol. The molecule has 1 N–H and O–H groups in total. The maximum Gasteiger partial charge on any atom is 0.123 e. The van der Waals surface area contributed by atoms with Crippen LogP contribution in [0.25, 0.3) is 0 Å². The van der Waals surface area contributed by atoms with Crippen LogP contribution in [-0.4, -0.2) is 11.2 Å². The highest BCUT2D eigenvalue weighted by atomic mass is 16.5. The lowest BCUT2D eigenvalue weighted by Gasteiger charge is -2.29. The molecule has 0 radical (unpaired) electrons. The van der Waals surface area contributed by atoms with E-state index in [0.29, 0.717) is 5.75 Å². The molecule has 0 spiro atoms. The highest BCUT2D eigenvalue weighted by molar-refractivity contribution is 5.59. The molecule has 2 nitrogen and oxygen atoms in total. The lowest BCUT2D eigenvalue weighted by Crippen LogP contribution is -2.19. The number of hydrogen-bond donors (Lipinski definition) is 1. The van der Waals surface area contributed by atoms with Crippen molar-refractivity contribution < 1.29 is 9.84 Å². The van der Waals surface area contributed by atoms with Crippen molar-refractivity contribution in [1.29, 1.82) is 0 Å². The van der Waals surface area contributed by atoms with Gasteiger partial charge in [0.05, 0.1) is 0 Å². The fourth-order valence-corrected chi connectivity index (χ4v) is 3.61. The Labute approximate surface area is 196 Å². The van der Waals surface area contributed by atoms with Crippen molar-refractivity contribution in [3.05, 3.63) is 22.8 Å². The average molecular weight is 437 g/mol. The van der Waals surface area contributed by atoms with Crippen LogP contribution in [-0.2, 0) is 17.3 Å². The first kappa shape index (κ1) is 32.0. The molecule has 2 heteroatoms. The van der Waals surface area contributed by atoms with Crippen LogP contribution < -0.4 is 4.74 Å². The zero-order valence-electron chi connectivity index (χ0n) is 23.5. The van der Waals surface area contributed by atoms with Gasteiger partial charge in [0.2, 0.25) is 0 Å². The topological polar surface area (TPSA) is 29.5 Å². The van der Waals surface area contributed by atoms with Crippen LogP contribution in [0.4, 0.5) is 0 Å². The second-order valence-corrected chi connectivity index (χ2v) is 10.1. The van der Waals surface area contributed by atoms with E-state index in [1.807, 2.05) is 27.7 Å². The molecule has 1 aliphatic heterocycles. The molecule has 184 valence electrons. The molecule has 1 heterocycles. The summed E-state index contributed by atoms with van der Waals surface area (Å²) in [7, 11) is 0. The van der Waals surface area contributed by atoms with Gasteiger partial charge in [0.25, 0.3) is 0 Å². The highest BCUT2D eigenvalue weighted by Gasteiger charge is 2.35. The quantitative estimate of drug-likeness (QED) is 0.465. The minimum absolute atomic E-state index is 0.0862. The third-order valence-electron chi connectivity index (χ3n) is 5.28. The first-order valence-electron chi connectivity index (χ1n) is 13.0. The van der Waals surface area contributed by atoms with Gasteiger partial charge in [0.1, 0.15) is 17.6 Å². The van der Waals surface area contributed by atoms with E-state index in [1.54, 1.807) is 0 Å². The lowest BCUT2D eigenvalue weighted by molar-refractivity contribution is 0.216. The molecular weight excluding hydrogens is 380 g/mol. The van der Waals surface area contributed by atoms with Gasteiger partial charge in [-0.25, -0.2) is 0 Å². The molecule has 0 saturated heterocycles. The molecule has 0 saturated carbocycles.